The van der Waals surface area contributed by atoms with Crippen molar-refractivity contribution in [2.75, 3.05) is 6.61 Å². The first-order valence-corrected chi connectivity index (χ1v) is 6.34. The molecule has 2 aromatic rings. The lowest BCUT2D eigenvalue weighted by Crippen LogP contribution is -2.14. The van der Waals surface area contributed by atoms with Crippen molar-refractivity contribution in [2.45, 2.75) is 33.4 Å². The number of nitrogens with zero attached hydrogens (tertiary/aromatic N) is 3. The fourth-order valence-electron chi connectivity index (χ4n) is 1.90. The molecule has 1 aromatic heterocycles. The molecule has 0 radical (unpaired) electrons. The summed E-state index contributed by atoms with van der Waals surface area (Å²) in [5.41, 5.74) is 2.44. The second-order valence-electron chi connectivity index (χ2n) is 4.57. The summed E-state index contributed by atoms with van der Waals surface area (Å²) in [6, 6.07) is 6.00. The number of aryl methyl sites for hydroxylation is 2. The average Bonchev–Trinajstić information content (AvgIpc) is 2.83. The van der Waals surface area contributed by atoms with Gasteiger partial charge in [0.05, 0.1) is 13.2 Å². The molecule has 5 nitrogen and oxygen atoms in total. The Kier molecular flexibility index (Phi) is 4.16. The lowest BCUT2D eigenvalue weighted by atomic mass is 10.1. The van der Waals surface area contributed by atoms with Gasteiger partial charge in [-0.05, 0) is 44.0 Å². The summed E-state index contributed by atoms with van der Waals surface area (Å²) in [7, 11) is 0. The standard InChI is InChI=1S/C14H19N3O2/c1-10-4-5-13(8-11(10)2)19-12(3)14-15-9-16-17(14)6-7-18/h4-5,8-9,12,18H,6-7H2,1-3H3. The molecule has 1 N–H and O–H groups in total. The van der Waals surface area contributed by atoms with E-state index in [1.807, 2.05) is 25.1 Å². The van der Waals surface area contributed by atoms with Crippen LogP contribution in [0.3, 0.4) is 0 Å². The van der Waals surface area contributed by atoms with Crippen molar-refractivity contribution in [1.82, 2.24) is 14.8 Å². The molecule has 5 heteroatoms. The van der Waals surface area contributed by atoms with Gasteiger partial charge >= 0.3 is 0 Å². The Labute approximate surface area is 112 Å². The van der Waals surface area contributed by atoms with Gasteiger partial charge in [-0.1, -0.05) is 6.07 Å². The molecule has 19 heavy (non-hydrogen) atoms. The zero-order chi connectivity index (χ0) is 13.8. The molecule has 0 spiro atoms. The summed E-state index contributed by atoms with van der Waals surface area (Å²) in [6.07, 6.45) is 1.27. The van der Waals surface area contributed by atoms with Gasteiger partial charge in [-0.3, -0.25) is 0 Å². The van der Waals surface area contributed by atoms with Gasteiger partial charge in [0, 0.05) is 0 Å². The van der Waals surface area contributed by atoms with Gasteiger partial charge in [0.2, 0.25) is 0 Å². The molecular weight excluding hydrogens is 242 g/mol. The van der Waals surface area contributed by atoms with Crippen molar-refractivity contribution in [1.29, 1.82) is 0 Å². The summed E-state index contributed by atoms with van der Waals surface area (Å²) >= 11 is 0. The summed E-state index contributed by atoms with van der Waals surface area (Å²) in [6.45, 7) is 6.51. The van der Waals surface area contributed by atoms with E-state index in [4.69, 9.17) is 9.84 Å². The third-order valence-corrected chi connectivity index (χ3v) is 3.11. The van der Waals surface area contributed by atoms with Crippen LogP contribution < -0.4 is 4.74 Å². The molecule has 1 atom stereocenters. The second kappa shape index (κ2) is 5.84. The van der Waals surface area contributed by atoms with E-state index in [-0.39, 0.29) is 12.7 Å². The van der Waals surface area contributed by atoms with Gasteiger partial charge < -0.3 is 9.84 Å². The molecule has 0 bridgehead atoms. The molecule has 1 heterocycles. The number of hydrogen-bond acceptors (Lipinski definition) is 4. The Balaban J connectivity index is 2.13. The Bertz CT molecular complexity index is 551. The summed E-state index contributed by atoms with van der Waals surface area (Å²) in [4.78, 5) is 4.19. The Morgan fingerprint density at radius 3 is 2.79 bits per heavy atom. The predicted molar refractivity (Wildman–Crippen MR) is 72.1 cm³/mol. The number of ether oxygens (including phenoxy) is 1. The van der Waals surface area contributed by atoms with Gasteiger partial charge in [-0.2, -0.15) is 5.10 Å². The van der Waals surface area contributed by atoms with Crippen LogP contribution in [0.1, 0.15) is 30.0 Å². The van der Waals surface area contributed by atoms with E-state index in [1.165, 1.54) is 17.5 Å². The van der Waals surface area contributed by atoms with Gasteiger partial charge in [0.1, 0.15) is 12.1 Å². The average molecular weight is 261 g/mol. The summed E-state index contributed by atoms with van der Waals surface area (Å²) in [5, 5.41) is 13.0. The number of rotatable bonds is 5. The molecule has 1 unspecified atom stereocenters. The fraction of sp³-hybridized carbons (Fsp3) is 0.429. The van der Waals surface area contributed by atoms with E-state index >= 15 is 0 Å². The van der Waals surface area contributed by atoms with Crippen LogP contribution in [0.15, 0.2) is 24.5 Å². The highest BCUT2D eigenvalue weighted by molar-refractivity contribution is 5.34. The first kappa shape index (κ1) is 13.5. The number of hydrogen-bond donors (Lipinski definition) is 1. The van der Waals surface area contributed by atoms with E-state index in [1.54, 1.807) is 4.68 Å². The van der Waals surface area contributed by atoms with E-state index < -0.39 is 0 Å². The minimum atomic E-state index is -0.212. The van der Waals surface area contributed by atoms with E-state index in [0.717, 1.165) is 5.75 Å². The topological polar surface area (TPSA) is 60.2 Å². The molecule has 0 aliphatic rings. The Morgan fingerprint density at radius 2 is 2.11 bits per heavy atom. The van der Waals surface area contributed by atoms with Crippen molar-refractivity contribution in [3.63, 3.8) is 0 Å². The van der Waals surface area contributed by atoms with E-state index in [2.05, 4.69) is 23.9 Å². The summed E-state index contributed by atoms with van der Waals surface area (Å²) < 4.78 is 7.54. The molecule has 2 rings (SSSR count). The lowest BCUT2D eigenvalue weighted by molar-refractivity contribution is 0.201. The zero-order valence-electron chi connectivity index (χ0n) is 11.5. The van der Waals surface area contributed by atoms with Gasteiger partial charge in [0.25, 0.3) is 0 Å². The maximum atomic E-state index is 8.97. The molecule has 0 amide bonds. The first-order chi connectivity index (χ1) is 9.11. The number of aliphatic hydroxyl groups excluding tert-OH is 1. The monoisotopic (exact) mass is 261 g/mol. The van der Waals surface area contributed by atoms with Crippen LogP contribution in [0, 0.1) is 13.8 Å². The maximum absolute atomic E-state index is 8.97. The highest BCUT2D eigenvalue weighted by Crippen LogP contribution is 2.22. The van der Waals surface area contributed by atoms with E-state index in [9.17, 15) is 0 Å². The van der Waals surface area contributed by atoms with Crippen LogP contribution in [0.5, 0.6) is 5.75 Å². The molecule has 0 saturated carbocycles. The molecule has 0 aliphatic heterocycles. The van der Waals surface area contributed by atoms with Gasteiger partial charge in [-0.25, -0.2) is 9.67 Å². The maximum Gasteiger partial charge on any atom is 0.167 e. The lowest BCUT2D eigenvalue weighted by Gasteiger charge is -2.15. The van der Waals surface area contributed by atoms with Crippen LogP contribution in [0.2, 0.25) is 0 Å². The van der Waals surface area contributed by atoms with Crippen molar-refractivity contribution >= 4 is 0 Å². The van der Waals surface area contributed by atoms with Crippen molar-refractivity contribution in [2.24, 2.45) is 0 Å². The third-order valence-electron chi connectivity index (χ3n) is 3.11. The predicted octanol–water partition coefficient (Wildman–Crippen LogP) is 2.03. The molecule has 0 fully saturated rings. The number of aromatic nitrogens is 3. The highest BCUT2D eigenvalue weighted by atomic mass is 16.5. The minimum absolute atomic E-state index is 0.0344. The van der Waals surface area contributed by atoms with Crippen LogP contribution >= 0.6 is 0 Å². The van der Waals surface area contributed by atoms with Crippen LogP contribution in [-0.4, -0.2) is 26.5 Å². The smallest absolute Gasteiger partial charge is 0.167 e. The van der Waals surface area contributed by atoms with E-state index in [0.29, 0.717) is 12.4 Å². The third kappa shape index (κ3) is 3.12. The quantitative estimate of drug-likeness (QED) is 0.894. The first-order valence-electron chi connectivity index (χ1n) is 6.34. The SMILES string of the molecule is Cc1ccc(OC(C)c2ncnn2CCO)cc1C. The minimum Gasteiger partial charge on any atom is -0.483 e. The van der Waals surface area contributed by atoms with Crippen LogP contribution in [-0.2, 0) is 6.54 Å². The molecular formula is C14H19N3O2. The fourth-order valence-corrected chi connectivity index (χ4v) is 1.90. The van der Waals surface area contributed by atoms with Crippen molar-refractivity contribution < 1.29 is 9.84 Å². The normalized spacial score (nSPS) is 12.4. The van der Waals surface area contributed by atoms with Crippen molar-refractivity contribution in [3.8, 4) is 5.75 Å². The van der Waals surface area contributed by atoms with Crippen LogP contribution in [0.25, 0.3) is 0 Å². The summed E-state index contributed by atoms with van der Waals surface area (Å²) in [5.74, 6) is 1.53. The Morgan fingerprint density at radius 1 is 1.32 bits per heavy atom. The zero-order valence-corrected chi connectivity index (χ0v) is 11.5. The van der Waals surface area contributed by atoms with Gasteiger partial charge in [-0.15, -0.1) is 0 Å². The van der Waals surface area contributed by atoms with Crippen LogP contribution in [0.4, 0.5) is 0 Å². The highest BCUT2D eigenvalue weighted by Gasteiger charge is 2.14. The number of benzene rings is 1. The molecule has 102 valence electrons. The molecule has 0 saturated heterocycles. The Hall–Kier alpha value is -1.88. The van der Waals surface area contributed by atoms with Gasteiger partial charge in [0.15, 0.2) is 11.9 Å². The molecule has 1 aromatic carbocycles. The number of aliphatic hydroxyl groups is 1. The van der Waals surface area contributed by atoms with Crippen molar-refractivity contribution in [3.05, 3.63) is 41.5 Å². The molecule has 0 aliphatic carbocycles. The largest absolute Gasteiger partial charge is 0.483 e. The second-order valence-corrected chi connectivity index (χ2v) is 4.57.